The van der Waals surface area contributed by atoms with E-state index in [4.69, 9.17) is 0 Å². The van der Waals surface area contributed by atoms with Gasteiger partial charge in [0.05, 0.1) is 16.7 Å². The molecule has 6 aromatic carbocycles. The summed E-state index contributed by atoms with van der Waals surface area (Å²) in [5.74, 6) is -35.5. The fourth-order valence-corrected chi connectivity index (χ4v) is 5.78. The molecular weight excluding hydrogens is 795 g/mol. The van der Waals surface area contributed by atoms with Crippen molar-refractivity contribution in [2.75, 3.05) is 0 Å². The Labute approximate surface area is 308 Å². The first-order chi connectivity index (χ1) is 27.0. The molecule has 0 saturated heterocycles. The summed E-state index contributed by atoms with van der Waals surface area (Å²) >= 11 is 0. The molecule has 18 heteroatoms. The highest BCUT2D eigenvalue weighted by atomic mass is 19.2. The minimum atomic E-state index is -2.43. The Morgan fingerprint density at radius 1 is 0.228 bits per heavy atom. The molecule has 1 heterocycles. The maximum Gasteiger partial charge on any atom is 0.200 e. The molecule has 0 aliphatic carbocycles. The summed E-state index contributed by atoms with van der Waals surface area (Å²) in [7, 11) is 0. The molecule has 57 heavy (non-hydrogen) atoms. The van der Waals surface area contributed by atoms with E-state index in [1.54, 1.807) is 0 Å². The molecule has 0 amide bonds. The first-order valence-corrected chi connectivity index (χ1v) is 15.6. The normalized spacial score (nSPS) is 11.4. The average Bonchev–Trinajstić information content (AvgIpc) is 3.22. The van der Waals surface area contributed by atoms with E-state index < -0.39 is 138 Å². The van der Waals surface area contributed by atoms with Gasteiger partial charge in [-0.15, -0.1) is 0 Å². The van der Waals surface area contributed by atoms with E-state index in [2.05, 4.69) is 15.0 Å². The van der Waals surface area contributed by atoms with Gasteiger partial charge in [0, 0.05) is 16.7 Å². The smallest absolute Gasteiger partial charge is 0.200 e. The van der Waals surface area contributed by atoms with Crippen LogP contribution < -0.4 is 0 Å². The lowest BCUT2D eigenvalue weighted by Gasteiger charge is -2.13. The van der Waals surface area contributed by atoms with Crippen molar-refractivity contribution in [3.05, 3.63) is 160 Å². The second-order valence-corrected chi connectivity index (χ2v) is 11.9. The summed E-state index contributed by atoms with van der Waals surface area (Å²) < 4.78 is 215. The largest absolute Gasteiger partial charge is 0.208 e. The monoisotopic (exact) mass is 807 g/mol. The van der Waals surface area contributed by atoms with Gasteiger partial charge >= 0.3 is 0 Å². The topological polar surface area (TPSA) is 38.7 Å². The van der Waals surface area contributed by atoms with Gasteiger partial charge in [-0.3, -0.25) is 0 Å². The summed E-state index contributed by atoms with van der Waals surface area (Å²) in [4.78, 5) is 12.7. The van der Waals surface area contributed by atoms with Crippen LogP contribution in [0, 0.1) is 87.3 Å². The lowest BCUT2D eigenvalue weighted by molar-refractivity contribution is 0.381. The molecular formula is C39H12F15N3. The van der Waals surface area contributed by atoms with Crippen molar-refractivity contribution in [2.45, 2.75) is 0 Å². The highest BCUT2D eigenvalue weighted by Gasteiger charge is 2.30. The number of benzene rings is 6. The first-order valence-electron chi connectivity index (χ1n) is 15.6. The minimum Gasteiger partial charge on any atom is -0.208 e. The van der Waals surface area contributed by atoms with Gasteiger partial charge in [0.15, 0.2) is 87.3 Å². The van der Waals surface area contributed by atoms with Crippen LogP contribution in [0.2, 0.25) is 0 Å². The van der Waals surface area contributed by atoms with Crippen LogP contribution >= 0.6 is 0 Å². The maximum atomic E-state index is 14.8. The van der Waals surface area contributed by atoms with Gasteiger partial charge in [0.2, 0.25) is 17.5 Å². The summed E-state index contributed by atoms with van der Waals surface area (Å²) in [6, 6.07) is 12.4. The fourth-order valence-electron chi connectivity index (χ4n) is 5.78. The van der Waals surface area contributed by atoms with Crippen LogP contribution in [-0.4, -0.2) is 15.0 Å². The van der Waals surface area contributed by atoms with Crippen LogP contribution in [0.4, 0.5) is 65.9 Å². The van der Waals surface area contributed by atoms with E-state index in [9.17, 15) is 65.9 Å². The van der Waals surface area contributed by atoms with E-state index in [0.717, 1.165) is 54.6 Å². The van der Waals surface area contributed by atoms with Crippen LogP contribution in [-0.2, 0) is 0 Å². The number of aromatic nitrogens is 3. The molecule has 0 atom stereocenters. The Morgan fingerprint density at radius 3 is 0.614 bits per heavy atom. The predicted molar refractivity (Wildman–Crippen MR) is 172 cm³/mol. The highest BCUT2D eigenvalue weighted by Crippen LogP contribution is 2.38. The van der Waals surface area contributed by atoms with Gasteiger partial charge in [-0.05, 0) is 34.9 Å². The molecule has 0 N–H and O–H groups in total. The minimum absolute atomic E-state index is 0.229. The van der Waals surface area contributed by atoms with Gasteiger partial charge in [-0.1, -0.05) is 54.6 Å². The number of hydrogen-bond acceptors (Lipinski definition) is 3. The Morgan fingerprint density at radius 2 is 0.404 bits per heavy atom. The number of rotatable bonds is 6. The van der Waals surface area contributed by atoms with Crippen molar-refractivity contribution in [1.29, 1.82) is 0 Å². The third-order valence-electron chi connectivity index (χ3n) is 8.49. The van der Waals surface area contributed by atoms with Crippen molar-refractivity contribution in [1.82, 2.24) is 15.0 Å². The number of halogens is 15. The van der Waals surface area contributed by atoms with Crippen LogP contribution in [0.5, 0.6) is 0 Å². The second kappa shape index (κ2) is 14.4. The van der Waals surface area contributed by atoms with Crippen molar-refractivity contribution in [3.8, 4) is 67.5 Å². The van der Waals surface area contributed by atoms with E-state index in [1.165, 1.54) is 18.2 Å². The maximum absolute atomic E-state index is 14.8. The van der Waals surface area contributed by atoms with E-state index in [0.29, 0.717) is 0 Å². The Hall–Kier alpha value is -6.72. The van der Waals surface area contributed by atoms with E-state index >= 15 is 0 Å². The molecule has 7 rings (SSSR count). The Bertz CT molecular complexity index is 2420. The zero-order valence-corrected chi connectivity index (χ0v) is 27.4. The van der Waals surface area contributed by atoms with Gasteiger partial charge in [0.1, 0.15) is 0 Å². The highest BCUT2D eigenvalue weighted by molar-refractivity contribution is 5.77. The number of hydrogen-bond donors (Lipinski definition) is 0. The van der Waals surface area contributed by atoms with Gasteiger partial charge in [-0.2, -0.15) is 0 Å². The van der Waals surface area contributed by atoms with Gasteiger partial charge in [-0.25, -0.2) is 80.8 Å². The standard InChI is InChI=1S/C39H12F15N3/c40-22-19(23(41)29(47)34(52)28(22)46)13-4-1-7-16(10-13)37-55-38(17-8-2-5-14(11-17)20-24(42)30(48)35(53)31(49)25(20)43)57-39(56-37)18-9-3-6-15(12-18)21-26(44)32(50)36(54)33(51)27(21)45/h1-12H. The zero-order chi connectivity index (χ0) is 41.2. The quantitative estimate of drug-likeness (QED) is 0.0954. The molecule has 0 fully saturated rings. The van der Waals surface area contributed by atoms with Crippen molar-refractivity contribution in [3.63, 3.8) is 0 Å². The third kappa shape index (κ3) is 6.39. The summed E-state index contributed by atoms with van der Waals surface area (Å²) in [6.45, 7) is 0. The van der Waals surface area contributed by atoms with Crippen molar-refractivity contribution in [2.24, 2.45) is 0 Å². The second-order valence-electron chi connectivity index (χ2n) is 11.9. The molecule has 0 bridgehead atoms. The molecule has 0 aliphatic heterocycles. The van der Waals surface area contributed by atoms with Gasteiger partial charge < -0.3 is 0 Å². The van der Waals surface area contributed by atoms with Crippen LogP contribution in [0.25, 0.3) is 67.5 Å². The molecule has 1 aromatic heterocycles. The predicted octanol–water partition coefficient (Wildman–Crippen LogP) is 12.0. The molecule has 0 saturated carbocycles. The van der Waals surface area contributed by atoms with E-state index in [1.807, 2.05) is 0 Å². The molecule has 3 nitrogen and oxygen atoms in total. The zero-order valence-electron chi connectivity index (χ0n) is 27.4. The Balaban J connectivity index is 1.46. The third-order valence-corrected chi connectivity index (χ3v) is 8.49. The Kier molecular flexibility index (Phi) is 9.75. The number of nitrogens with zero attached hydrogens (tertiary/aromatic N) is 3. The molecule has 0 spiro atoms. The average molecular weight is 808 g/mol. The molecule has 0 unspecified atom stereocenters. The van der Waals surface area contributed by atoms with Crippen LogP contribution in [0.15, 0.2) is 72.8 Å². The SMILES string of the molecule is Fc1c(F)c(F)c(-c2cccc(-c3nc(-c4cccc(-c5c(F)c(F)c(F)c(F)c5F)c4)nc(-c4cccc(-c5c(F)c(F)c(F)c(F)c5F)c4)n3)c2)c(F)c1F. The fraction of sp³-hybridized carbons (Fsp3) is 0. The summed E-state index contributed by atoms with van der Waals surface area (Å²) in [5.41, 5.74) is -6.52. The van der Waals surface area contributed by atoms with Crippen LogP contribution in [0.3, 0.4) is 0 Å². The first kappa shape index (κ1) is 38.6. The summed E-state index contributed by atoms with van der Waals surface area (Å²) in [5, 5.41) is 0. The molecule has 288 valence electrons. The van der Waals surface area contributed by atoms with Crippen molar-refractivity contribution >= 4 is 0 Å². The summed E-state index contributed by atoms with van der Waals surface area (Å²) in [6.07, 6.45) is 0. The lowest BCUT2D eigenvalue weighted by Crippen LogP contribution is -2.05. The molecule has 0 aliphatic rings. The lowest BCUT2D eigenvalue weighted by atomic mass is 9.99. The van der Waals surface area contributed by atoms with Crippen molar-refractivity contribution < 1.29 is 65.9 Å². The van der Waals surface area contributed by atoms with Crippen LogP contribution in [0.1, 0.15) is 0 Å². The molecule has 0 radical (unpaired) electrons. The van der Waals surface area contributed by atoms with Gasteiger partial charge in [0.25, 0.3) is 0 Å². The molecule has 7 aromatic rings. The van der Waals surface area contributed by atoms with E-state index in [-0.39, 0.29) is 16.7 Å².